The molecule has 0 radical (unpaired) electrons. The van der Waals surface area contributed by atoms with Crippen molar-refractivity contribution in [2.75, 3.05) is 26.2 Å². The highest BCUT2D eigenvalue weighted by Crippen LogP contribution is 2.21. The number of aromatic nitrogens is 2. The number of nitrogens with zero attached hydrogens (tertiary/aromatic N) is 4. The van der Waals surface area contributed by atoms with Gasteiger partial charge in [-0.1, -0.05) is 23.4 Å². The molecule has 27 heavy (non-hydrogen) atoms. The van der Waals surface area contributed by atoms with E-state index < -0.39 is 10.0 Å². The second kappa shape index (κ2) is 7.09. The Hall–Kier alpha value is -2.78. The third-order valence-corrected chi connectivity index (χ3v) is 6.36. The van der Waals surface area contributed by atoms with E-state index in [4.69, 9.17) is 4.52 Å². The Morgan fingerprint density at radius 3 is 2.52 bits per heavy atom. The maximum absolute atomic E-state index is 12.8. The van der Waals surface area contributed by atoms with Crippen molar-refractivity contribution in [2.24, 2.45) is 0 Å². The lowest BCUT2D eigenvalue weighted by molar-refractivity contribution is 0.0692. The first kappa shape index (κ1) is 17.6. The van der Waals surface area contributed by atoms with Crippen LogP contribution in [0.25, 0.3) is 11.0 Å². The number of hydrogen-bond donors (Lipinski definition) is 0. The van der Waals surface area contributed by atoms with Crippen LogP contribution in [0.5, 0.6) is 0 Å². The van der Waals surface area contributed by atoms with Gasteiger partial charge in [0.15, 0.2) is 5.58 Å². The number of benzene rings is 1. The van der Waals surface area contributed by atoms with Crippen LogP contribution in [0.1, 0.15) is 16.2 Å². The summed E-state index contributed by atoms with van der Waals surface area (Å²) >= 11 is 0. The molecule has 2 aromatic heterocycles. The van der Waals surface area contributed by atoms with Crippen molar-refractivity contribution >= 4 is 26.9 Å². The van der Waals surface area contributed by atoms with E-state index in [9.17, 15) is 13.2 Å². The van der Waals surface area contributed by atoms with Gasteiger partial charge in [0.05, 0.1) is 0 Å². The summed E-state index contributed by atoms with van der Waals surface area (Å²) in [7, 11) is -3.55. The molecular formula is C18H18N4O4S. The Labute approximate surface area is 156 Å². The number of carbonyl (C=O) groups is 1. The van der Waals surface area contributed by atoms with Crippen LogP contribution in [-0.2, 0) is 15.8 Å². The molecule has 0 spiro atoms. The Kier molecular flexibility index (Phi) is 4.63. The second-order valence-corrected chi connectivity index (χ2v) is 8.26. The molecule has 1 amide bonds. The van der Waals surface area contributed by atoms with Crippen LogP contribution in [0.3, 0.4) is 0 Å². The Bertz CT molecular complexity index is 1060. The first-order chi connectivity index (χ1) is 13.0. The normalized spacial score (nSPS) is 15.9. The number of rotatable bonds is 4. The minimum absolute atomic E-state index is 0.185. The molecule has 8 nitrogen and oxygen atoms in total. The third kappa shape index (κ3) is 3.56. The van der Waals surface area contributed by atoms with Crippen molar-refractivity contribution in [3.05, 3.63) is 60.0 Å². The first-order valence-corrected chi connectivity index (χ1v) is 10.2. The fraction of sp³-hybridized carbons (Fsp3) is 0.278. The summed E-state index contributed by atoms with van der Waals surface area (Å²) in [5.74, 6) is -0.409. The smallest absolute Gasteiger partial charge is 0.272 e. The van der Waals surface area contributed by atoms with Gasteiger partial charge in [-0.2, -0.15) is 4.31 Å². The minimum Gasteiger partial charge on any atom is -0.356 e. The molecule has 1 aliphatic rings. The van der Waals surface area contributed by atoms with Gasteiger partial charge in [-0.3, -0.25) is 9.78 Å². The lowest BCUT2D eigenvalue weighted by Crippen LogP contribution is -2.50. The summed E-state index contributed by atoms with van der Waals surface area (Å²) < 4.78 is 32.1. The summed E-state index contributed by atoms with van der Waals surface area (Å²) in [6, 6.07) is 12.3. The van der Waals surface area contributed by atoms with Crippen molar-refractivity contribution in [1.82, 2.24) is 19.3 Å². The van der Waals surface area contributed by atoms with E-state index >= 15 is 0 Å². The van der Waals surface area contributed by atoms with Crippen molar-refractivity contribution in [3.63, 3.8) is 0 Å². The minimum atomic E-state index is -3.55. The fourth-order valence-electron chi connectivity index (χ4n) is 3.13. The zero-order valence-electron chi connectivity index (χ0n) is 14.5. The van der Waals surface area contributed by atoms with Crippen LogP contribution in [-0.4, -0.2) is 59.8 Å². The summed E-state index contributed by atoms with van der Waals surface area (Å²) in [5, 5.41) is 4.60. The van der Waals surface area contributed by atoms with Crippen molar-refractivity contribution in [1.29, 1.82) is 0 Å². The fourth-order valence-corrected chi connectivity index (χ4v) is 4.58. The van der Waals surface area contributed by atoms with E-state index in [0.29, 0.717) is 35.4 Å². The maximum Gasteiger partial charge on any atom is 0.272 e. The van der Waals surface area contributed by atoms with Crippen molar-refractivity contribution in [3.8, 4) is 0 Å². The largest absolute Gasteiger partial charge is 0.356 e. The van der Waals surface area contributed by atoms with Gasteiger partial charge < -0.3 is 9.42 Å². The molecule has 9 heteroatoms. The van der Waals surface area contributed by atoms with E-state index in [1.165, 1.54) is 4.31 Å². The molecule has 140 valence electrons. The molecule has 0 aliphatic carbocycles. The first-order valence-electron chi connectivity index (χ1n) is 8.56. The van der Waals surface area contributed by atoms with Gasteiger partial charge in [0.25, 0.3) is 5.91 Å². The molecule has 0 N–H and O–H groups in total. The molecule has 3 aromatic rings. The molecule has 0 atom stereocenters. The van der Waals surface area contributed by atoms with E-state index in [0.717, 1.165) is 0 Å². The SMILES string of the molecule is O=C(c1ccccn1)N1CCN(S(=O)(=O)Cc2noc3ccccc23)CC1. The molecule has 3 heterocycles. The Morgan fingerprint density at radius 1 is 1.04 bits per heavy atom. The number of fused-ring (bicyclic) bond motifs is 1. The van der Waals surface area contributed by atoms with E-state index in [2.05, 4.69) is 10.1 Å². The highest BCUT2D eigenvalue weighted by atomic mass is 32.2. The van der Waals surface area contributed by atoms with Crippen molar-refractivity contribution in [2.45, 2.75) is 5.75 Å². The molecule has 0 saturated carbocycles. The number of piperazine rings is 1. The van der Waals surface area contributed by atoms with Gasteiger partial charge >= 0.3 is 0 Å². The number of pyridine rings is 1. The number of sulfonamides is 1. The third-order valence-electron chi connectivity index (χ3n) is 4.57. The Morgan fingerprint density at radius 2 is 1.78 bits per heavy atom. The monoisotopic (exact) mass is 386 g/mol. The van der Waals surface area contributed by atoms with E-state index in [-0.39, 0.29) is 24.7 Å². The summed E-state index contributed by atoms with van der Waals surface area (Å²) in [6.45, 7) is 1.15. The lowest BCUT2D eigenvalue weighted by Gasteiger charge is -2.33. The summed E-state index contributed by atoms with van der Waals surface area (Å²) in [4.78, 5) is 18.1. The average Bonchev–Trinajstić information content (AvgIpc) is 3.10. The average molecular weight is 386 g/mol. The molecule has 0 bridgehead atoms. The Balaban J connectivity index is 1.43. The number of para-hydroxylation sites is 1. The lowest BCUT2D eigenvalue weighted by atomic mass is 10.2. The van der Waals surface area contributed by atoms with Crippen LogP contribution in [0.2, 0.25) is 0 Å². The maximum atomic E-state index is 12.8. The highest BCUT2D eigenvalue weighted by Gasteiger charge is 2.30. The van der Waals surface area contributed by atoms with E-state index in [1.807, 2.05) is 12.1 Å². The molecule has 1 aliphatic heterocycles. The molecule has 4 rings (SSSR count). The van der Waals surface area contributed by atoms with Gasteiger partial charge in [0, 0.05) is 37.8 Å². The van der Waals surface area contributed by atoms with Gasteiger partial charge in [-0.05, 0) is 24.3 Å². The summed E-state index contributed by atoms with van der Waals surface area (Å²) in [5.41, 5.74) is 1.33. The van der Waals surface area contributed by atoms with Crippen LogP contribution in [0.4, 0.5) is 0 Å². The quantitative estimate of drug-likeness (QED) is 0.674. The molecule has 0 unspecified atom stereocenters. The van der Waals surface area contributed by atoms with Crippen LogP contribution in [0.15, 0.2) is 53.2 Å². The summed E-state index contributed by atoms with van der Waals surface area (Å²) in [6.07, 6.45) is 1.57. The zero-order valence-corrected chi connectivity index (χ0v) is 15.3. The number of carbonyl (C=O) groups excluding carboxylic acids is 1. The standard InChI is InChI=1S/C18H18N4O4S/c23-18(15-6-3-4-8-19-15)21-9-11-22(12-10-21)27(24,25)13-16-14-5-1-2-7-17(14)26-20-16/h1-8H,9-13H2. The van der Waals surface area contributed by atoms with Crippen LogP contribution >= 0.6 is 0 Å². The molecule has 1 saturated heterocycles. The molecule has 1 fully saturated rings. The molecule has 1 aromatic carbocycles. The van der Waals surface area contributed by atoms with Gasteiger partial charge in [-0.25, -0.2) is 8.42 Å². The number of hydrogen-bond acceptors (Lipinski definition) is 6. The van der Waals surface area contributed by atoms with Crippen molar-refractivity contribution < 1.29 is 17.7 Å². The molecular weight excluding hydrogens is 368 g/mol. The van der Waals surface area contributed by atoms with E-state index in [1.54, 1.807) is 41.4 Å². The topological polar surface area (TPSA) is 96.6 Å². The van der Waals surface area contributed by atoms with Crippen LogP contribution < -0.4 is 0 Å². The van der Waals surface area contributed by atoms with Crippen LogP contribution in [0, 0.1) is 0 Å². The van der Waals surface area contributed by atoms with Gasteiger partial charge in [0.1, 0.15) is 17.1 Å². The van der Waals surface area contributed by atoms with Gasteiger partial charge in [0.2, 0.25) is 10.0 Å². The predicted octanol–water partition coefficient (Wildman–Crippen LogP) is 1.51. The highest BCUT2D eigenvalue weighted by molar-refractivity contribution is 7.88. The predicted molar refractivity (Wildman–Crippen MR) is 98.3 cm³/mol. The number of amides is 1. The zero-order chi connectivity index (χ0) is 18.9. The second-order valence-electron chi connectivity index (χ2n) is 6.29. The van der Waals surface area contributed by atoms with Gasteiger partial charge in [-0.15, -0.1) is 0 Å².